The second-order valence-corrected chi connectivity index (χ2v) is 6.61. The van der Waals surface area contributed by atoms with E-state index in [1.165, 1.54) is 12.1 Å². The van der Waals surface area contributed by atoms with Crippen LogP contribution in [0.5, 0.6) is 0 Å². The molecule has 0 radical (unpaired) electrons. The van der Waals surface area contributed by atoms with Gasteiger partial charge in [0.25, 0.3) is 5.91 Å². The number of hydrogen-bond acceptors (Lipinski definition) is 3. The molecule has 1 atom stereocenters. The molecule has 1 aromatic heterocycles. The Morgan fingerprint density at radius 3 is 2.40 bits per heavy atom. The number of carbonyl (C=O) groups excluding carboxylic acids is 1. The average Bonchev–Trinajstić information content (AvgIpc) is 2.98. The van der Waals surface area contributed by atoms with Gasteiger partial charge in [-0.3, -0.25) is 4.79 Å². The molecule has 8 heteroatoms. The summed E-state index contributed by atoms with van der Waals surface area (Å²) in [5, 5.41) is 8.37. The third-order valence-corrected chi connectivity index (χ3v) is 4.31. The number of hydrogen-bond donors (Lipinski definition) is 0. The predicted octanol–water partition coefficient (Wildman–Crippen LogP) is 3.64. The van der Waals surface area contributed by atoms with Gasteiger partial charge in [-0.2, -0.15) is 13.2 Å². The molecule has 25 heavy (non-hydrogen) atoms. The van der Waals surface area contributed by atoms with E-state index in [0.717, 1.165) is 18.0 Å². The monoisotopic (exact) mass is 352 g/mol. The number of halogens is 3. The minimum atomic E-state index is -4.41. The van der Waals surface area contributed by atoms with Crippen LogP contribution in [0.2, 0.25) is 0 Å². The lowest BCUT2D eigenvalue weighted by Gasteiger charge is -2.33. The van der Waals surface area contributed by atoms with Gasteiger partial charge in [-0.1, -0.05) is 13.8 Å². The van der Waals surface area contributed by atoms with Crippen molar-refractivity contribution in [2.75, 3.05) is 6.54 Å². The highest BCUT2D eigenvalue weighted by atomic mass is 19.4. The van der Waals surface area contributed by atoms with E-state index in [0.29, 0.717) is 18.9 Å². The van der Waals surface area contributed by atoms with Gasteiger partial charge in [-0.15, -0.1) is 10.2 Å². The molecule has 0 bridgehead atoms. The maximum absolute atomic E-state index is 12.6. The van der Waals surface area contributed by atoms with Crippen LogP contribution in [0.4, 0.5) is 13.2 Å². The van der Waals surface area contributed by atoms with E-state index in [-0.39, 0.29) is 23.4 Å². The zero-order valence-electron chi connectivity index (χ0n) is 14.2. The summed E-state index contributed by atoms with van der Waals surface area (Å²) >= 11 is 0. The van der Waals surface area contributed by atoms with Crippen molar-refractivity contribution in [3.05, 3.63) is 47.0 Å². The zero-order valence-corrected chi connectivity index (χ0v) is 14.2. The first-order valence-electron chi connectivity index (χ1n) is 8.08. The highest BCUT2D eigenvalue weighted by Gasteiger charge is 2.32. The SMILES string of the molecule is CC(C)c1nnc2n1[C@@H](C)CN(C(=O)c1ccc(C(F)(F)F)cc1)C2. The molecule has 1 aliphatic rings. The van der Waals surface area contributed by atoms with Gasteiger partial charge < -0.3 is 9.47 Å². The van der Waals surface area contributed by atoms with Gasteiger partial charge >= 0.3 is 6.18 Å². The van der Waals surface area contributed by atoms with Gasteiger partial charge in [0, 0.05) is 18.0 Å². The third kappa shape index (κ3) is 3.25. The lowest BCUT2D eigenvalue weighted by atomic mass is 10.1. The van der Waals surface area contributed by atoms with Gasteiger partial charge in [0.2, 0.25) is 0 Å². The van der Waals surface area contributed by atoms with E-state index >= 15 is 0 Å². The maximum atomic E-state index is 12.6. The number of aromatic nitrogens is 3. The van der Waals surface area contributed by atoms with Gasteiger partial charge in [0.15, 0.2) is 5.82 Å². The standard InChI is InChI=1S/C17H19F3N4O/c1-10(2)15-22-21-14-9-23(8-11(3)24(14)15)16(25)12-4-6-13(7-5-12)17(18,19)20/h4-7,10-11H,8-9H2,1-3H3/t11-/m0/s1. The molecular weight excluding hydrogens is 333 g/mol. The Balaban J connectivity index is 1.82. The molecule has 2 aromatic rings. The number of carbonyl (C=O) groups is 1. The van der Waals surface area contributed by atoms with Crippen LogP contribution < -0.4 is 0 Å². The molecule has 3 rings (SSSR count). The van der Waals surface area contributed by atoms with Crippen molar-refractivity contribution in [1.82, 2.24) is 19.7 Å². The van der Waals surface area contributed by atoms with Crippen LogP contribution in [0.15, 0.2) is 24.3 Å². The van der Waals surface area contributed by atoms with Crippen LogP contribution in [0.1, 0.15) is 60.3 Å². The number of nitrogens with zero attached hydrogens (tertiary/aromatic N) is 4. The summed E-state index contributed by atoms with van der Waals surface area (Å²) in [7, 11) is 0. The van der Waals surface area contributed by atoms with Crippen molar-refractivity contribution in [1.29, 1.82) is 0 Å². The Kier molecular flexibility index (Phi) is 4.30. The van der Waals surface area contributed by atoms with Crippen LogP contribution in [0.3, 0.4) is 0 Å². The first-order chi connectivity index (χ1) is 11.7. The number of benzene rings is 1. The van der Waals surface area contributed by atoms with Gasteiger partial charge in [-0.05, 0) is 31.2 Å². The van der Waals surface area contributed by atoms with Crippen molar-refractivity contribution in [3.8, 4) is 0 Å². The Morgan fingerprint density at radius 2 is 1.84 bits per heavy atom. The maximum Gasteiger partial charge on any atom is 0.416 e. The number of fused-ring (bicyclic) bond motifs is 1. The highest BCUT2D eigenvalue weighted by Crippen LogP contribution is 2.30. The Morgan fingerprint density at radius 1 is 1.20 bits per heavy atom. The third-order valence-electron chi connectivity index (χ3n) is 4.31. The summed E-state index contributed by atoms with van der Waals surface area (Å²) in [6, 6.07) is 4.30. The Labute approximate surface area is 143 Å². The quantitative estimate of drug-likeness (QED) is 0.829. The van der Waals surface area contributed by atoms with Crippen molar-refractivity contribution < 1.29 is 18.0 Å². The lowest BCUT2D eigenvalue weighted by molar-refractivity contribution is -0.137. The summed E-state index contributed by atoms with van der Waals surface area (Å²) in [6.45, 7) is 6.80. The molecule has 0 saturated carbocycles. The van der Waals surface area contributed by atoms with Crippen LogP contribution in [-0.4, -0.2) is 32.1 Å². The van der Waals surface area contributed by atoms with Crippen molar-refractivity contribution in [3.63, 3.8) is 0 Å². The smallest absolute Gasteiger partial charge is 0.329 e. The highest BCUT2D eigenvalue weighted by molar-refractivity contribution is 5.94. The molecular formula is C17H19F3N4O. The van der Waals surface area contributed by atoms with E-state index < -0.39 is 11.7 Å². The Bertz CT molecular complexity index is 780. The van der Waals surface area contributed by atoms with Crippen LogP contribution >= 0.6 is 0 Å². The topological polar surface area (TPSA) is 51.0 Å². The number of rotatable bonds is 2. The molecule has 0 fully saturated rings. The Hall–Kier alpha value is -2.38. The van der Waals surface area contributed by atoms with E-state index in [4.69, 9.17) is 0 Å². The largest absolute Gasteiger partial charge is 0.416 e. The zero-order chi connectivity index (χ0) is 18.4. The molecule has 2 heterocycles. The van der Waals surface area contributed by atoms with Gasteiger partial charge in [0.05, 0.1) is 18.2 Å². The molecule has 134 valence electrons. The molecule has 0 unspecified atom stereocenters. The number of amides is 1. The average molecular weight is 352 g/mol. The second kappa shape index (κ2) is 6.16. The fourth-order valence-electron chi connectivity index (χ4n) is 3.09. The number of alkyl halides is 3. The predicted molar refractivity (Wildman–Crippen MR) is 85.0 cm³/mol. The van der Waals surface area contributed by atoms with E-state index in [9.17, 15) is 18.0 Å². The van der Waals surface area contributed by atoms with Crippen molar-refractivity contribution in [2.45, 2.75) is 45.5 Å². The van der Waals surface area contributed by atoms with Gasteiger partial charge in [0.1, 0.15) is 5.82 Å². The fraction of sp³-hybridized carbons (Fsp3) is 0.471. The van der Waals surface area contributed by atoms with Crippen LogP contribution in [0.25, 0.3) is 0 Å². The molecule has 5 nitrogen and oxygen atoms in total. The molecule has 1 aromatic carbocycles. The minimum absolute atomic E-state index is 0.00884. The molecule has 1 aliphatic heterocycles. The van der Waals surface area contributed by atoms with E-state index in [1.54, 1.807) is 4.90 Å². The van der Waals surface area contributed by atoms with Crippen molar-refractivity contribution in [2.24, 2.45) is 0 Å². The summed E-state index contributed by atoms with van der Waals surface area (Å²) in [6.07, 6.45) is -4.41. The first kappa shape index (κ1) is 17.4. The molecule has 0 spiro atoms. The minimum Gasteiger partial charge on any atom is -0.329 e. The van der Waals surface area contributed by atoms with E-state index in [2.05, 4.69) is 10.2 Å². The van der Waals surface area contributed by atoms with Gasteiger partial charge in [-0.25, -0.2) is 0 Å². The van der Waals surface area contributed by atoms with Crippen LogP contribution in [0, 0.1) is 0 Å². The summed E-state index contributed by atoms with van der Waals surface area (Å²) in [5.41, 5.74) is -0.533. The molecule has 0 aliphatic carbocycles. The summed E-state index contributed by atoms with van der Waals surface area (Å²) in [5.74, 6) is 1.49. The normalized spacial score (nSPS) is 17.7. The fourth-order valence-corrected chi connectivity index (χ4v) is 3.09. The summed E-state index contributed by atoms with van der Waals surface area (Å²) in [4.78, 5) is 14.2. The summed E-state index contributed by atoms with van der Waals surface area (Å²) < 4.78 is 40.0. The molecule has 0 N–H and O–H groups in total. The second-order valence-electron chi connectivity index (χ2n) is 6.61. The van der Waals surface area contributed by atoms with Crippen LogP contribution in [-0.2, 0) is 12.7 Å². The molecule has 0 saturated heterocycles. The van der Waals surface area contributed by atoms with E-state index in [1.807, 2.05) is 25.3 Å². The lowest BCUT2D eigenvalue weighted by Crippen LogP contribution is -2.40. The first-order valence-corrected chi connectivity index (χ1v) is 8.08. The van der Waals surface area contributed by atoms with Crippen molar-refractivity contribution >= 4 is 5.91 Å². The molecule has 1 amide bonds.